The zero-order valence-corrected chi connectivity index (χ0v) is 7.45. The van der Waals surface area contributed by atoms with Gasteiger partial charge < -0.3 is 9.84 Å². The summed E-state index contributed by atoms with van der Waals surface area (Å²) >= 11 is 0. The molecule has 0 amide bonds. The molecule has 1 rings (SSSR count). The van der Waals surface area contributed by atoms with Gasteiger partial charge in [-0.3, -0.25) is 4.79 Å². The lowest BCUT2D eigenvalue weighted by molar-refractivity contribution is -0.143. The van der Waals surface area contributed by atoms with Gasteiger partial charge in [-0.25, -0.2) is 4.79 Å². The summed E-state index contributed by atoms with van der Waals surface area (Å²) in [5, 5.41) is 8.64. The van der Waals surface area contributed by atoms with Gasteiger partial charge in [-0.05, 0) is 6.42 Å². The monoisotopic (exact) mass is 184 g/mol. The highest BCUT2D eigenvalue weighted by Crippen LogP contribution is 2.25. The van der Waals surface area contributed by atoms with Crippen LogP contribution in [0.15, 0.2) is 12.2 Å². The van der Waals surface area contributed by atoms with Crippen molar-refractivity contribution in [3.63, 3.8) is 0 Å². The van der Waals surface area contributed by atoms with Crippen LogP contribution in [-0.4, -0.2) is 23.1 Å². The van der Waals surface area contributed by atoms with Crippen LogP contribution >= 0.6 is 0 Å². The van der Waals surface area contributed by atoms with E-state index in [1.165, 1.54) is 0 Å². The third-order valence-electron chi connectivity index (χ3n) is 2.30. The van der Waals surface area contributed by atoms with E-state index in [0.717, 1.165) is 0 Å². The molecule has 0 aromatic rings. The summed E-state index contributed by atoms with van der Waals surface area (Å²) in [6.45, 7) is 5.14. The van der Waals surface area contributed by atoms with E-state index in [-0.39, 0.29) is 23.6 Å². The van der Waals surface area contributed by atoms with Crippen LogP contribution in [0, 0.1) is 5.92 Å². The number of cyclic esters (lactones) is 1. The average molecular weight is 184 g/mol. The Balaban J connectivity index is 2.57. The van der Waals surface area contributed by atoms with Crippen molar-refractivity contribution < 1.29 is 19.4 Å². The van der Waals surface area contributed by atoms with Crippen molar-refractivity contribution in [1.29, 1.82) is 0 Å². The zero-order chi connectivity index (χ0) is 10.0. The van der Waals surface area contributed by atoms with Crippen LogP contribution < -0.4 is 0 Å². The summed E-state index contributed by atoms with van der Waals surface area (Å²) in [4.78, 5) is 21.3. The zero-order valence-electron chi connectivity index (χ0n) is 7.45. The van der Waals surface area contributed by atoms with E-state index in [1.54, 1.807) is 6.92 Å². The van der Waals surface area contributed by atoms with Crippen molar-refractivity contribution in [3.8, 4) is 0 Å². The fourth-order valence-corrected chi connectivity index (χ4v) is 1.32. The molecule has 0 aromatic heterocycles. The van der Waals surface area contributed by atoms with Gasteiger partial charge in [-0.15, -0.1) is 0 Å². The summed E-state index contributed by atoms with van der Waals surface area (Å²) in [7, 11) is 0. The Kier molecular flexibility index (Phi) is 2.70. The minimum Gasteiger partial charge on any atom is -0.478 e. The van der Waals surface area contributed by atoms with Crippen molar-refractivity contribution in [3.05, 3.63) is 12.2 Å². The van der Waals surface area contributed by atoms with Crippen LogP contribution in [0.3, 0.4) is 0 Å². The van der Waals surface area contributed by atoms with Crippen LogP contribution in [0.2, 0.25) is 0 Å². The Labute approximate surface area is 76.2 Å². The van der Waals surface area contributed by atoms with Gasteiger partial charge in [-0.1, -0.05) is 13.5 Å². The fourth-order valence-electron chi connectivity index (χ4n) is 1.32. The van der Waals surface area contributed by atoms with Gasteiger partial charge in [0.1, 0.15) is 6.10 Å². The average Bonchev–Trinajstić information content (AvgIpc) is 2.49. The van der Waals surface area contributed by atoms with E-state index in [0.29, 0.717) is 12.8 Å². The lowest BCUT2D eigenvalue weighted by Gasteiger charge is -2.17. The summed E-state index contributed by atoms with van der Waals surface area (Å²) in [6, 6.07) is 0. The molecule has 0 spiro atoms. The molecule has 1 saturated heterocycles. The number of carboxylic acids is 1. The van der Waals surface area contributed by atoms with Crippen molar-refractivity contribution in [2.24, 2.45) is 5.92 Å². The predicted molar refractivity (Wildman–Crippen MR) is 45.1 cm³/mol. The van der Waals surface area contributed by atoms with Gasteiger partial charge in [0, 0.05) is 17.9 Å². The lowest BCUT2D eigenvalue weighted by Crippen LogP contribution is -2.22. The maximum absolute atomic E-state index is 10.8. The second-order valence-electron chi connectivity index (χ2n) is 3.19. The third-order valence-corrected chi connectivity index (χ3v) is 2.30. The molecule has 1 N–H and O–H groups in total. The number of ether oxygens (including phenoxy) is 1. The summed E-state index contributed by atoms with van der Waals surface area (Å²) < 4.78 is 4.93. The third kappa shape index (κ3) is 2.08. The number of hydrogen-bond donors (Lipinski definition) is 1. The van der Waals surface area contributed by atoms with Gasteiger partial charge in [0.05, 0.1) is 0 Å². The molecule has 2 unspecified atom stereocenters. The Morgan fingerprint density at radius 2 is 2.38 bits per heavy atom. The van der Waals surface area contributed by atoms with Crippen LogP contribution in [0.1, 0.15) is 19.8 Å². The molecule has 2 atom stereocenters. The molecule has 1 aliphatic heterocycles. The molecule has 4 nitrogen and oxygen atoms in total. The second kappa shape index (κ2) is 3.60. The fraction of sp³-hybridized carbons (Fsp3) is 0.556. The van der Waals surface area contributed by atoms with Gasteiger partial charge >= 0.3 is 11.9 Å². The summed E-state index contributed by atoms with van der Waals surface area (Å²) in [6.07, 6.45) is 0.657. The SMILES string of the molecule is C=C(C(=O)O)C(C)C1CCC(=O)O1. The smallest absolute Gasteiger partial charge is 0.331 e. The molecular formula is C9H12O4. The molecule has 0 aromatic carbocycles. The molecule has 0 bridgehead atoms. The van der Waals surface area contributed by atoms with Crippen LogP contribution in [0.25, 0.3) is 0 Å². The highest BCUT2D eigenvalue weighted by Gasteiger charge is 2.31. The summed E-state index contributed by atoms with van der Waals surface area (Å²) in [5.41, 5.74) is 0.0969. The van der Waals surface area contributed by atoms with Crippen LogP contribution in [0.4, 0.5) is 0 Å². The standard InChI is InChI=1S/C9H12O4/c1-5(6(2)9(11)12)7-3-4-8(10)13-7/h5,7H,2-4H2,1H3,(H,11,12). The van der Waals surface area contributed by atoms with Crippen LogP contribution in [0.5, 0.6) is 0 Å². The van der Waals surface area contributed by atoms with Gasteiger partial charge in [0.25, 0.3) is 0 Å². The number of hydrogen-bond acceptors (Lipinski definition) is 3. The Bertz CT molecular complexity index is 256. The van der Waals surface area contributed by atoms with E-state index in [9.17, 15) is 9.59 Å². The quantitative estimate of drug-likeness (QED) is 0.524. The van der Waals surface area contributed by atoms with E-state index in [2.05, 4.69) is 6.58 Å². The van der Waals surface area contributed by atoms with E-state index in [4.69, 9.17) is 9.84 Å². The number of aliphatic carboxylic acids is 1. The lowest BCUT2D eigenvalue weighted by atomic mass is 9.95. The molecule has 13 heavy (non-hydrogen) atoms. The maximum atomic E-state index is 10.8. The molecule has 0 aliphatic carbocycles. The molecule has 1 fully saturated rings. The van der Waals surface area contributed by atoms with E-state index < -0.39 is 5.97 Å². The van der Waals surface area contributed by atoms with Crippen molar-refractivity contribution in [2.75, 3.05) is 0 Å². The highest BCUT2D eigenvalue weighted by atomic mass is 16.5. The first-order valence-electron chi connectivity index (χ1n) is 4.14. The second-order valence-corrected chi connectivity index (χ2v) is 3.19. The summed E-state index contributed by atoms with van der Waals surface area (Å²) in [5.74, 6) is -1.59. The number of carbonyl (C=O) groups is 2. The van der Waals surface area contributed by atoms with Gasteiger partial charge in [0.2, 0.25) is 0 Å². The normalized spacial score (nSPS) is 23.8. The first-order valence-corrected chi connectivity index (χ1v) is 4.14. The highest BCUT2D eigenvalue weighted by molar-refractivity contribution is 5.86. The van der Waals surface area contributed by atoms with Gasteiger partial charge in [-0.2, -0.15) is 0 Å². The maximum Gasteiger partial charge on any atom is 0.331 e. The Morgan fingerprint density at radius 3 is 2.77 bits per heavy atom. The number of carbonyl (C=O) groups excluding carboxylic acids is 1. The predicted octanol–water partition coefficient (Wildman–Crippen LogP) is 0.969. The van der Waals surface area contributed by atoms with E-state index >= 15 is 0 Å². The largest absolute Gasteiger partial charge is 0.478 e. The Hall–Kier alpha value is -1.32. The molecule has 0 saturated carbocycles. The molecule has 1 aliphatic rings. The minimum absolute atomic E-state index is 0.0969. The first kappa shape index (κ1) is 9.77. The number of rotatable bonds is 3. The van der Waals surface area contributed by atoms with Crippen molar-refractivity contribution in [2.45, 2.75) is 25.9 Å². The number of carboxylic acid groups (broad SMARTS) is 1. The molecule has 0 radical (unpaired) electrons. The topological polar surface area (TPSA) is 63.6 Å². The molecule has 1 heterocycles. The molecule has 72 valence electrons. The van der Waals surface area contributed by atoms with Crippen molar-refractivity contribution in [1.82, 2.24) is 0 Å². The Morgan fingerprint density at radius 1 is 1.77 bits per heavy atom. The molecular weight excluding hydrogens is 172 g/mol. The van der Waals surface area contributed by atoms with Gasteiger partial charge in [0.15, 0.2) is 0 Å². The van der Waals surface area contributed by atoms with Crippen LogP contribution in [-0.2, 0) is 14.3 Å². The van der Waals surface area contributed by atoms with E-state index in [1.807, 2.05) is 0 Å². The van der Waals surface area contributed by atoms with Crippen molar-refractivity contribution >= 4 is 11.9 Å². The minimum atomic E-state index is -1.03. The number of esters is 1. The first-order chi connectivity index (χ1) is 6.02. The molecule has 4 heteroatoms.